The fraction of sp³-hybridized carbons (Fsp3) is 1.00. The summed E-state index contributed by atoms with van der Waals surface area (Å²) < 4.78 is 11.6. The van der Waals surface area contributed by atoms with Crippen LogP contribution in [0.1, 0.15) is 46.5 Å². The number of rotatable bonds is 7. The van der Waals surface area contributed by atoms with E-state index in [9.17, 15) is 0 Å². The Morgan fingerprint density at radius 1 is 1.25 bits per heavy atom. The maximum atomic E-state index is 6.20. The van der Waals surface area contributed by atoms with Crippen LogP contribution in [0.5, 0.6) is 0 Å². The minimum absolute atomic E-state index is 0.482. The molecular weight excluding hydrogens is 250 g/mol. The molecule has 0 radical (unpaired) electrons. The van der Waals surface area contributed by atoms with Crippen molar-refractivity contribution < 1.29 is 9.47 Å². The number of ether oxygens (including phenoxy) is 2. The molecule has 0 spiro atoms. The summed E-state index contributed by atoms with van der Waals surface area (Å²) in [5.41, 5.74) is 0. The lowest BCUT2D eigenvalue weighted by Gasteiger charge is -2.37. The molecule has 4 atom stereocenters. The van der Waals surface area contributed by atoms with E-state index in [1.807, 2.05) is 0 Å². The van der Waals surface area contributed by atoms with Crippen molar-refractivity contribution in [3.05, 3.63) is 0 Å². The normalized spacial score (nSPS) is 34.8. The van der Waals surface area contributed by atoms with Gasteiger partial charge in [0.05, 0.1) is 19.3 Å². The third-order valence-corrected chi connectivity index (χ3v) is 5.03. The van der Waals surface area contributed by atoms with Crippen LogP contribution in [-0.4, -0.2) is 39.0 Å². The predicted molar refractivity (Wildman–Crippen MR) is 82.9 cm³/mol. The van der Waals surface area contributed by atoms with Gasteiger partial charge in [0, 0.05) is 19.7 Å². The third-order valence-electron chi connectivity index (χ3n) is 5.03. The van der Waals surface area contributed by atoms with Crippen LogP contribution in [0.25, 0.3) is 0 Å². The van der Waals surface area contributed by atoms with E-state index >= 15 is 0 Å². The molecule has 1 saturated heterocycles. The zero-order valence-electron chi connectivity index (χ0n) is 13.6. The highest BCUT2D eigenvalue weighted by Crippen LogP contribution is 2.35. The van der Waals surface area contributed by atoms with Crippen molar-refractivity contribution in [3.63, 3.8) is 0 Å². The highest BCUT2D eigenvalue weighted by Gasteiger charge is 2.31. The Kier molecular flexibility index (Phi) is 6.79. The lowest BCUT2D eigenvalue weighted by molar-refractivity contribution is -0.0368. The molecule has 1 heterocycles. The van der Waals surface area contributed by atoms with E-state index in [4.69, 9.17) is 9.47 Å². The van der Waals surface area contributed by atoms with Crippen molar-refractivity contribution in [2.45, 2.75) is 52.6 Å². The second-order valence-corrected chi connectivity index (χ2v) is 7.17. The highest BCUT2D eigenvalue weighted by atomic mass is 16.5. The molecule has 2 rings (SSSR count). The van der Waals surface area contributed by atoms with Crippen LogP contribution in [0.4, 0.5) is 0 Å². The van der Waals surface area contributed by atoms with Crippen LogP contribution < -0.4 is 5.32 Å². The van der Waals surface area contributed by atoms with Crippen LogP contribution >= 0.6 is 0 Å². The van der Waals surface area contributed by atoms with E-state index < -0.39 is 0 Å². The fourth-order valence-corrected chi connectivity index (χ4v) is 3.64. The van der Waals surface area contributed by atoms with E-state index in [1.54, 1.807) is 0 Å². The zero-order valence-corrected chi connectivity index (χ0v) is 13.6. The largest absolute Gasteiger partial charge is 0.381 e. The minimum atomic E-state index is 0.482. The van der Waals surface area contributed by atoms with Gasteiger partial charge < -0.3 is 14.8 Å². The van der Waals surface area contributed by atoms with Crippen LogP contribution in [0.3, 0.4) is 0 Å². The van der Waals surface area contributed by atoms with Crippen molar-refractivity contribution >= 4 is 0 Å². The molecule has 3 nitrogen and oxygen atoms in total. The van der Waals surface area contributed by atoms with Gasteiger partial charge >= 0.3 is 0 Å². The van der Waals surface area contributed by atoms with E-state index in [1.165, 1.54) is 25.7 Å². The molecule has 3 heteroatoms. The topological polar surface area (TPSA) is 30.5 Å². The summed E-state index contributed by atoms with van der Waals surface area (Å²) in [5, 5.41) is 3.52. The second-order valence-electron chi connectivity index (χ2n) is 7.17. The Labute approximate surface area is 124 Å². The second kappa shape index (κ2) is 8.35. The van der Waals surface area contributed by atoms with Crippen molar-refractivity contribution in [2.24, 2.45) is 23.7 Å². The molecule has 20 heavy (non-hydrogen) atoms. The van der Waals surface area contributed by atoms with Gasteiger partial charge in [-0.15, -0.1) is 0 Å². The first-order valence-corrected chi connectivity index (χ1v) is 8.57. The summed E-state index contributed by atoms with van der Waals surface area (Å²) in [5.74, 6) is 3.05. The quantitative estimate of drug-likeness (QED) is 0.728. The number of hydrogen-bond donors (Lipinski definition) is 1. The first kappa shape index (κ1) is 16.3. The van der Waals surface area contributed by atoms with Gasteiger partial charge in [-0.3, -0.25) is 0 Å². The molecule has 0 amide bonds. The van der Waals surface area contributed by atoms with Gasteiger partial charge in [-0.05, 0) is 42.9 Å². The fourth-order valence-electron chi connectivity index (χ4n) is 3.64. The van der Waals surface area contributed by atoms with Crippen molar-refractivity contribution in [3.8, 4) is 0 Å². The lowest BCUT2D eigenvalue weighted by atomic mass is 9.75. The van der Waals surface area contributed by atoms with E-state index in [2.05, 4.69) is 26.1 Å². The average Bonchev–Trinajstić information content (AvgIpc) is 2.91. The van der Waals surface area contributed by atoms with Gasteiger partial charge in [-0.25, -0.2) is 0 Å². The van der Waals surface area contributed by atoms with Crippen LogP contribution in [0, 0.1) is 23.7 Å². The highest BCUT2D eigenvalue weighted by molar-refractivity contribution is 4.81. The maximum absolute atomic E-state index is 6.20. The molecule has 0 aromatic rings. The molecule has 1 N–H and O–H groups in total. The molecule has 0 bridgehead atoms. The van der Waals surface area contributed by atoms with Gasteiger partial charge in [0.2, 0.25) is 0 Å². The Balaban J connectivity index is 1.60. The lowest BCUT2D eigenvalue weighted by Crippen LogP contribution is -2.36. The van der Waals surface area contributed by atoms with Crippen molar-refractivity contribution in [1.82, 2.24) is 5.32 Å². The molecule has 4 unspecified atom stereocenters. The Morgan fingerprint density at radius 2 is 2.10 bits per heavy atom. The molecule has 0 aromatic carbocycles. The Bertz CT molecular complexity index is 264. The summed E-state index contributed by atoms with van der Waals surface area (Å²) in [4.78, 5) is 0. The van der Waals surface area contributed by atoms with Gasteiger partial charge in [0.1, 0.15) is 0 Å². The number of hydrogen-bond acceptors (Lipinski definition) is 3. The number of nitrogens with one attached hydrogen (secondary N) is 1. The van der Waals surface area contributed by atoms with Crippen LogP contribution in [0.15, 0.2) is 0 Å². The van der Waals surface area contributed by atoms with Crippen molar-refractivity contribution in [2.75, 3.05) is 32.9 Å². The zero-order chi connectivity index (χ0) is 14.4. The molecule has 2 fully saturated rings. The minimum Gasteiger partial charge on any atom is -0.381 e. The molecule has 118 valence electrons. The summed E-state index contributed by atoms with van der Waals surface area (Å²) in [6.07, 6.45) is 5.66. The predicted octanol–water partition coefficient (Wildman–Crippen LogP) is 3.09. The van der Waals surface area contributed by atoms with Gasteiger partial charge in [-0.2, -0.15) is 0 Å². The monoisotopic (exact) mass is 283 g/mol. The average molecular weight is 283 g/mol. The Morgan fingerprint density at radius 3 is 2.80 bits per heavy atom. The summed E-state index contributed by atoms with van der Waals surface area (Å²) >= 11 is 0. The molecule has 1 saturated carbocycles. The smallest absolute Gasteiger partial charge is 0.0608 e. The first-order chi connectivity index (χ1) is 9.66. The van der Waals surface area contributed by atoms with E-state index in [0.717, 1.165) is 50.7 Å². The van der Waals surface area contributed by atoms with E-state index in [-0.39, 0.29) is 0 Å². The van der Waals surface area contributed by atoms with Gasteiger partial charge in [0.25, 0.3) is 0 Å². The Hall–Kier alpha value is -0.120. The van der Waals surface area contributed by atoms with Crippen LogP contribution in [-0.2, 0) is 9.47 Å². The summed E-state index contributed by atoms with van der Waals surface area (Å²) in [6, 6.07) is 0. The van der Waals surface area contributed by atoms with Crippen LogP contribution in [0.2, 0.25) is 0 Å². The van der Waals surface area contributed by atoms with Gasteiger partial charge in [-0.1, -0.05) is 27.2 Å². The molecular formula is C17H33NO2. The molecule has 1 aliphatic carbocycles. The standard InChI is InChI=1S/C17H33NO2/c1-13(2)16-5-4-14(3)10-17(16)20-9-7-18-11-15-6-8-19-12-15/h13-18H,4-12H2,1-3H3. The maximum Gasteiger partial charge on any atom is 0.0608 e. The van der Waals surface area contributed by atoms with Crippen molar-refractivity contribution in [1.29, 1.82) is 0 Å². The molecule has 0 aromatic heterocycles. The first-order valence-electron chi connectivity index (χ1n) is 8.57. The SMILES string of the molecule is CC1CCC(C(C)C)C(OCCNCC2CCOC2)C1. The summed E-state index contributed by atoms with van der Waals surface area (Å²) in [6.45, 7) is 11.8. The third kappa shape index (κ3) is 5.01. The molecule has 1 aliphatic heterocycles. The summed E-state index contributed by atoms with van der Waals surface area (Å²) in [7, 11) is 0. The molecule has 2 aliphatic rings. The van der Waals surface area contributed by atoms with E-state index in [0.29, 0.717) is 12.0 Å². The van der Waals surface area contributed by atoms with Gasteiger partial charge in [0.15, 0.2) is 0 Å².